The normalized spacial score (nSPS) is 12.7. The fraction of sp³-hybridized carbons (Fsp3) is 0.0566. The molecule has 55 heavy (non-hydrogen) atoms. The van der Waals surface area contributed by atoms with E-state index < -0.39 is 5.41 Å². The van der Waals surface area contributed by atoms with Gasteiger partial charge in [0, 0.05) is 26.6 Å². The van der Waals surface area contributed by atoms with Gasteiger partial charge in [-0.1, -0.05) is 163 Å². The van der Waals surface area contributed by atoms with Gasteiger partial charge in [-0.3, -0.25) is 0 Å². The lowest BCUT2D eigenvalue weighted by atomic mass is 9.67. The quantitative estimate of drug-likeness (QED) is 0.158. The number of rotatable bonds is 7. The van der Waals surface area contributed by atoms with Crippen molar-refractivity contribution in [2.24, 2.45) is 0 Å². The van der Waals surface area contributed by atoms with Crippen molar-refractivity contribution in [1.29, 1.82) is 0 Å². The number of aryl methyl sites for hydroxylation is 2. The van der Waals surface area contributed by atoms with Crippen LogP contribution in [0.4, 0.5) is 17.1 Å². The first-order valence-corrected chi connectivity index (χ1v) is 19.8. The Morgan fingerprint density at radius 1 is 0.418 bits per heavy atom. The Morgan fingerprint density at radius 2 is 0.855 bits per heavy atom. The molecule has 0 fully saturated rings. The Morgan fingerprint density at radius 3 is 1.40 bits per heavy atom. The van der Waals surface area contributed by atoms with Crippen molar-refractivity contribution in [2.75, 3.05) is 4.90 Å². The molecule has 0 aliphatic heterocycles. The highest BCUT2D eigenvalue weighted by atomic mass is 32.1. The standard InChI is InChI=1S/C53H39NS/c1-36-17-28-44(29-18-36)54(45-30-19-37(2)20-31-45)46-32-25-39(26-33-46)38-21-23-40(24-22-38)41-27-34-49-48(35-41)52-51(47-15-9-10-16-50(47)55-52)53(49,42-11-5-3-6-12-42)43-13-7-4-8-14-43/h3-35H,1-2H3. The molecule has 1 heterocycles. The number of nitrogens with zero attached hydrogens (tertiary/aromatic N) is 1. The largest absolute Gasteiger partial charge is 0.311 e. The molecule has 0 saturated heterocycles. The van der Waals surface area contributed by atoms with Gasteiger partial charge in [-0.2, -0.15) is 0 Å². The first-order chi connectivity index (χ1) is 27.1. The molecule has 0 radical (unpaired) electrons. The molecule has 0 atom stereocenters. The lowest BCUT2D eigenvalue weighted by molar-refractivity contribution is 0.777. The summed E-state index contributed by atoms with van der Waals surface area (Å²) >= 11 is 1.92. The molecule has 0 bridgehead atoms. The van der Waals surface area contributed by atoms with E-state index in [4.69, 9.17) is 0 Å². The average molecular weight is 722 g/mol. The van der Waals surface area contributed by atoms with Crippen LogP contribution in [0.15, 0.2) is 200 Å². The third kappa shape index (κ3) is 5.52. The number of hydrogen-bond acceptors (Lipinski definition) is 2. The first kappa shape index (κ1) is 33.1. The summed E-state index contributed by atoms with van der Waals surface area (Å²) in [5.41, 5.74) is 17.0. The molecule has 2 heteroatoms. The Kier molecular flexibility index (Phi) is 8.08. The van der Waals surface area contributed by atoms with Gasteiger partial charge >= 0.3 is 0 Å². The van der Waals surface area contributed by atoms with Crippen LogP contribution in [0.1, 0.15) is 33.4 Å². The van der Waals surface area contributed by atoms with E-state index in [1.54, 1.807) is 0 Å². The van der Waals surface area contributed by atoms with E-state index >= 15 is 0 Å². The van der Waals surface area contributed by atoms with E-state index in [1.165, 1.54) is 76.2 Å². The fourth-order valence-corrected chi connectivity index (χ4v) is 9.91. The molecule has 1 aliphatic rings. The maximum atomic E-state index is 2.44. The summed E-state index contributed by atoms with van der Waals surface area (Å²) in [4.78, 5) is 3.69. The van der Waals surface area contributed by atoms with Gasteiger partial charge in [0.25, 0.3) is 0 Å². The van der Waals surface area contributed by atoms with Gasteiger partial charge in [-0.25, -0.2) is 0 Å². The third-order valence-corrected chi connectivity index (χ3v) is 12.5. The zero-order valence-corrected chi connectivity index (χ0v) is 31.7. The number of fused-ring (bicyclic) bond motifs is 5. The van der Waals surface area contributed by atoms with Crippen LogP contribution in [0.2, 0.25) is 0 Å². The van der Waals surface area contributed by atoms with Crippen molar-refractivity contribution in [3.63, 3.8) is 0 Å². The summed E-state index contributed by atoms with van der Waals surface area (Å²) in [6, 6.07) is 73.8. The van der Waals surface area contributed by atoms with E-state index in [2.05, 4.69) is 219 Å². The van der Waals surface area contributed by atoms with E-state index in [1.807, 2.05) is 11.3 Å². The predicted molar refractivity (Wildman–Crippen MR) is 234 cm³/mol. The second-order valence-electron chi connectivity index (χ2n) is 14.7. The molecule has 9 aromatic rings. The molecule has 262 valence electrons. The summed E-state index contributed by atoms with van der Waals surface area (Å²) < 4.78 is 1.33. The van der Waals surface area contributed by atoms with Crippen molar-refractivity contribution in [3.05, 3.63) is 234 Å². The van der Waals surface area contributed by atoms with Crippen LogP contribution in [0, 0.1) is 13.8 Å². The third-order valence-electron chi connectivity index (χ3n) is 11.3. The van der Waals surface area contributed by atoms with Crippen molar-refractivity contribution in [1.82, 2.24) is 0 Å². The van der Waals surface area contributed by atoms with Crippen LogP contribution >= 0.6 is 11.3 Å². The van der Waals surface area contributed by atoms with Crippen LogP contribution in [0.25, 0.3) is 42.8 Å². The summed E-state index contributed by atoms with van der Waals surface area (Å²) in [5, 5.41) is 1.34. The number of anilines is 3. The average Bonchev–Trinajstić information content (AvgIpc) is 3.77. The van der Waals surface area contributed by atoms with Crippen LogP contribution in [0.3, 0.4) is 0 Å². The first-order valence-electron chi connectivity index (χ1n) is 19.0. The van der Waals surface area contributed by atoms with Gasteiger partial charge in [-0.05, 0) is 118 Å². The number of thiophene rings is 1. The van der Waals surface area contributed by atoms with Crippen molar-refractivity contribution >= 4 is 38.5 Å². The minimum absolute atomic E-state index is 0.407. The second kappa shape index (κ2) is 13.4. The van der Waals surface area contributed by atoms with E-state index in [0.717, 1.165) is 17.1 Å². The SMILES string of the molecule is Cc1ccc(N(c2ccc(C)cc2)c2ccc(-c3ccc(-c4ccc5c(c4)-c4sc6ccccc6c4C5(c4ccccc4)c4ccccc4)cc3)cc2)cc1. The fourth-order valence-electron chi connectivity index (χ4n) is 8.62. The molecule has 0 spiro atoms. The van der Waals surface area contributed by atoms with Gasteiger partial charge in [0.1, 0.15) is 0 Å². The lowest BCUT2D eigenvalue weighted by Gasteiger charge is -2.34. The second-order valence-corrected chi connectivity index (χ2v) is 15.7. The van der Waals surface area contributed by atoms with Crippen molar-refractivity contribution in [3.8, 4) is 32.7 Å². The molecule has 0 unspecified atom stereocenters. The molecule has 8 aromatic carbocycles. The van der Waals surface area contributed by atoms with Crippen LogP contribution < -0.4 is 4.90 Å². The molecule has 0 saturated carbocycles. The Balaban J connectivity index is 1.03. The summed E-state index contributed by atoms with van der Waals surface area (Å²) in [6.07, 6.45) is 0. The zero-order valence-electron chi connectivity index (χ0n) is 30.9. The van der Waals surface area contributed by atoms with Gasteiger partial charge in [-0.15, -0.1) is 11.3 Å². The highest BCUT2D eigenvalue weighted by Crippen LogP contribution is 2.61. The van der Waals surface area contributed by atoms with Gasteiger partial charge in [0.15, 0.2) is 0 Å². The molecular weight excluding hydrogens is 683 g/mol. The van der Waals surface area contributed by atoms with Crippen LogP contribution in [0.5, 0.6) is 0 Å². The van der Waals surface area contributed by atoms with Crippen LogP contribution in [-0.2, 0) is 5.41 Å². The zero-order chi connectivity index (χ0) is 36.9. The maximum Gasteiger partial charge on any atom is 0.0728 e. The van der Waals surface area contributed by atoms with Crippen molar-refractivity contribution < 1.29 is 0 Å². The van der Waals surface area contributed by atoms with Gasteiger partial charge in [0.2, 0.25) is 0 Å². The molecule has 1 aliphatic carbocycles. The smallest absolute Gasteiger partial charge is 0.0728 e. The summed E-state index contributed by atoms with van der Waals surface area (Å²) in [6.45, 7) is 4.27. The summed E-state index contributed by atoms with van der Waals surface area (Å²) in [7, 11) is 0. The van der Waals surface area contributed by atoms with Gasteiger partial charge < -0.3 is 4.90 Å². The van der Waals surface area contributed by atoms with E-state index in [9.17, 15) is 0 Å². The Hall–Kier alpha value is -6.48. The maximum absolute atomic E-state index is 2.44. The Bertz CT molecular complexity index is 2690. The highest BCUT2D eigenvalue weighted by Gasteiger charge is 2.48. The number of hydrogen-bond donors (Lipinski definition) is 0. The summed E-state index contributed by atoms with van der Waals surface area (Å²) in [5.74, 6) is 0. The monoisotopic (exact) mass is 721 g/mol. The molecule has 1 aromatic heterocycles. The molecule has 1 nitrogen and oxygen atoms in total. The lowest BCUT2D eigenvalue weighted by Crippen LogP contribution is -2.28. The molecule has 0 amide bonds. The van der Waals surface area contributed by atoms with E-state index in [-0.39, 0.29) is 0 Å². The molecule has 10 rings (SSSR count). The molecular formula is C53H39NS. The molecule has 0 N–H and O–H groups in total. The minimum atomic E-state index is -0.407. The Labute approximate surface area is 327 Å². The predicted octanol–water partition coefficient (Wildman–Crippen LogP) is 14.7. The van der Waals surface area contributed by atoms with Crippen molar-refractivity contribution in [2.45, 2.75) is 19.3 Å². The topological polar surface area (TPSA) is 3.24 Å². The number of benzene rings is 8. The van der Waals surface area contributed by atoms with Gasteiger partial charge in [0.05, 0.1) is 5.41 Å². The van der Waals surface area contributed by atoms with E-state index in [0.29, 0.717) is 0 Å². The minimum Gasteiger partial charge on any atom is -0.311 e. The van der Waals surface area contributed by atoms with Crippen LogP contribution in [-0.4, -0.2) is 0 Å². The highest BCUT2D eigenvalue weighted by molar-refractivity contribution is 7.22.